The van der Waals surface area contributed by atoms with Crippen molar-refractivity contribution in [2.24, 2.45) is 0 Å². The zero-order valence-electron chi connectivity index (χ0n) is 14.4. The van der Waals surface area contributed by atoms with Crippen LogP contribution in [0.5, 0.6) is 0 Å². The molecule has 0 spiro atoms. The number of hydrogen-bond acceptors (Lipinski definition) is 3. The van der Waals surface area contributed by atoms with Crippen molar-refractivity contribution >= 4 is 21.6 Å². The Morgan fingerprint density at radius 3 is 2.40 bits per heavy atom. The predicted octanol–water partition coefficient (Wildman–Crippen LogP) is 2.61. The maximum atomic E-state index is 13.1. The molecule has 1 N–H and O–H groups in total. The van der Waals surface area contributed by atoms with Gasteiger partial charge in [-0.25, -0.2) is 12.8 Å². The van der Waals surface area contributed by atoms with Crippen LogP contribution in [0.15, 0.2) is 48.5 Å². The molecule has 1 unspecified atom stereocenters. The topological polar surface area (TPSA) is 66.5 Å². The van der Waals surface area contributed by atoms with Gasteiger partial charge in [-0.15, -0.1) is 0 Å². The largest absolute Gasteiger partial charge is 0.350 e. The normalized spacial score (nSPS) is 12.5. The van der Waals surface area contributed by atoms with E-state index in [0.717, 1.165) is 33.8 Å². The van der Waals surface area contributed by atoms with E-state index in [1.165, 1.54) is 19.1 Å². The summed E-state index contributed by atoms with van der Waals surface area (Å²) in [4.78, 5) is 12.4. The van der Waals surface area contributed by atoms with E-state index in [2.05, 4.69) is 5.32 Å². The molecule has 0 radical (unpaired) electrons. The van der Waals surface area contributed by atoms with Gasteiger partial charge >= 0.3 is 0 Å². The second kappa shape index (κ2) is 7.65. The summed E-state index contributed by atoms with van der Waals surface area (Å²) in [5.74, 6) is -0.912. The molecule has 0 aliphatic rings. The minimum Gasteiger partial charge on any atom is -0.350 e. The van der Waals surface area contributed by atoms with E-state index in [-0.39, 0.29) is 5.69 Å². The van der Waals surface area contributed by atoms with Gasteiger partial charge in [-0.1, -0.05) is 29.8 Å². The first-order valence-electron chi connectivity index (χ1n) is 7.76. The maximum absolute atomic E-state index is 13.1. The van der Waals surface area contributed by atoms with Gasteiger partial charge in [-0.3, -0.25) is 9.10 Å². The molecule has 1 amide bonds. The number of sulfonamides is 1. The van der Waals surface area contributed by atoms with Crippen LogP contribution in [-0.2, 0) is 21.4 Å². The highest BCUT2D eigenvalue weighted by atomic mass is 32.2. The van der Waals surface area contributed by atoms with Crippen LogP contribution in [0.1, 0.15) is 18.1 Å². The first-order chi connectivity index (χ1) is 11.7. The van der Waals surface area contributed by atoms with Crippen molar-refractivity contribution in [1.82, 2.24) is 5.32 Å². The number of halogens is 1. The summed E-state index contributed by atoms with van der Waals surface area (Å²) < 4.78 is 38.4. The number of anilines is 1. The van der Waals surface area contributed by atoms with Gasteiger partial charge in [0.1, 0.15) is 11.9 Å². The van der Waals surface area contributed by atoms with E-state index in [9.17, 15) is 17.6 Å². The first kappa shape index (κ1) is 18.9. The Hall–Kier alpha value is -2.41. The third-order valence-corrected chi connectivity index (χ3v) is 4.96. The minimum atomic E-state index is -3.71. The summed E-state index contributed by atoms with van der Waals surface area (Å²) >= 11 is 0. The van der Waals surface area contributed by atoms with Crippen molar-refractivity contribution in [3.05, 3.63) is 65.5 Å². The molecule has 0 aromatic heterocycles. The van der Waals surface area contributed by atoms with Crippen molar-refractivity contribution in [1.29, 1.82) is 0 Å². The number of amides is 1. The maximum Gasteiger partial charge on any atom is 0.243 e. The molecule has 5 nitrogen and oxygen atoms in total. The van der Waals surface area contributed by atoms with Gasteiger partial charge in [-0.05, 0) is 43.7 Å². The van der Waals surface area contributed by atoms with Crippen molar-refractivity contribution in [2.75, 3.05) is 10.6 Å². The lowest BCUT2D eigenvalue weighted by molar-refractivity contribution is -0.122. The fourth-order valence-corrected chi connectivity index (χ4v) is 3.73. The van der Waals surface area contributed by atoms with E-state index < -0.39 is 27.8 Å². The highest BCUT2D eigenvalue weighted by Gasteiger charge is 2.28. The average Bonchev–Trinajstić information content (AvgIpc) is 2.53. The third-order valence-electron chi connectivity index (χ3n) is 3.72. The van der Waals surface area contributed by atoms with Crippen molar-refractivity contribution < 1.29 is 17.6 Å². The molecule has 0 saturated carbocycles. The Kier molecular flexibility index (Phi) is 5.79. The summed E-state index contributed by atoms with van der Waals surface area (Å²) in [5.41, 5.74) is 2.24. The Labute approximate surface area is 147 Å². The number of hydrogen-bond donors (Lipinski definition) is 1. The molecule has 0 bridgehead atoms. The van der Waals surface area contributed by atoms with E-state index in [1.807, 2.05) is 31.2 Å². The fraction of sp³-hybridized carbons (Fsp3) is 0.278. The second-order valence-electron chi connectivity index (χ2n) is 5.92. The zero-order chi connectivity index (χ0) is 18.6. The first-order valence-corrected chi connectivity index (χ1v) is 9.61. The molecular formula is C18H21FN2O3S. The molecule has 0 fully saturated rings. The van der Waals surface area contributed by atoms with Gasteiger partial charge in [-0.2, -0.15) is 0 Å². The van der Waals surface area contributed by atoms with E-state index in [1.54, 1.807) is 0 Å². The highest BCUT2D eigenvalue weighted by Crippen LogP contribution is 2.21. The van der Waals surface area contributed by atoms with E-state index in [0.29, 0.717) is 6.54 Å². The van der Waals surface area contributed by atoms with Crippen molar-refractivity contribution in [3.63, 3.8) is 0 Å². The monoisotopic (exact) mass is 364 g/mol. The molecule has 25 heavy (non-hydrogen) atoms. The van der Waals surface area contributed by atoms with Crippen LogP contribution in [0.4, 0.5) is 10.1 Å². The Bertz CT molecular complexity index is 851. The van der Waals surface area contributed by atoms with Crippen LogP contribution in [-0.4, -0.2) is 26.6 Å². The molecule has 0 heterocycles. The summed E-state index contributed by atoms with van der Waals surface area (Å²) in [6, 6.07) is 11.7. The van der Waals surface area contributed by atoms with Crippen LogP contribution in [0.2, 0.25) is 0 Å². The summed E-state index contributed by atoms with van der Waals surface area (Å²) in [6.07, 6.45) is 1.01. The van der Waals surface area contributed by atoms with Gasteiger partial charge in [0.15, 0.2) is 0 Å². The van der Waals surface area contributed by atoms with Crippen molar-refractivity contribution in [3.8, 4) is 0 Å². The highest BCUT2D eigenvalue weighted by molar-refractivity contribution is 7.92. The molecule has 7 heteroatoms. The lowest BCUT2D eigenvalue weighted by Crippen LogP contribution is -2.47. The molecule has 134 valence electrons. The number of nitrogens with zero attached hydrogens (tertiary/aromatic N) is 1. The number of carbonyl (C=O) groups excluding carboxylic acids is 1. The Balaban J connectivity index is 2.17. The second-order valence-corrected chi connectivity index (χ2v) is 7.78. The average molecular weight is 364 g/mol. The van der Waals surface area contributed by atoms with Crippen LogP contribution in [0.3, 0.4) is 0 Å². The molecule has 2 aromatic carbocycles. The van der Waals surface area contributed by atoms with Gasteiger partial charge in [0, 0.05) is 6.54 Å². The third kappa shape index (κ3) is 5.03. The van der Waals surface area contributed by atoms with Gasteiger partial charge in [0.05, 0.1) is 11.9 Å². The SMILES string of the molecule is Cc1cccc(CNC(=O)C(C)N(c2ccc(F)cc2)S(C)(=O)=O)c1. The van der Waals surface area contributed by atoms with Crippen LogP contribution in [0, 0.1) is 12.7 Å². The predicted molar refractivity (Wildman–Crippen MR) is 96.2 cm³/mol. The van der Waals surface area contributed by atoms with Crippen LogP contribution < -0.4 is 9.62 Å². The standard InChI is InChI=1S/C18H21FN2O3S/c1-13-5-4-6-15(11-13)12-20-18(22)14(2)21(25(3,23)24)17-9-7-16(19)8-10-17/h4-11,14H,12H2,1-3H3,(H,20,22). The number of nitrogens with one attached hydrogen (secondary N) is 1. The summed E-state index contributed by atoms with van der Waals surface area (Å²) in [7, 11) is -3.71. The van der Waals surface area contributed by atoms with Crippen LogP contribution >= 0.6 is 0 Å². The zero-order valence-corrected chi connectivity index (χ0v) is 15.2. The van der Waals surface area contributed by atoms with E-state index >= 15 is 0 Å². The van der Waals surface area contributed by atoms with Crippen molar-refractivity contribution in [2.45, 2.75) is 26.4 Å². The smallest absolute Gasteiger partial charge is 0.243 e. The quantitative estimate of drug-likeness (QED) is 0.857. The molecule has 0 aliphatic carbocycles. The molecule has 1 atom stereocenters. The summed E-state index contributed by atoms with van der Waals surface area (Å²) in [5, 5.41) is 2.74. The lowest BCUT2D eigenvalue weighted by Gasteiger charge is -2.28. The number of carbonyl (C=O) groups is 1. The molecule has 2 aromatic rings. The van der Waals surface area contributed by atoms with Gasteiger partial charge in [0.2, 0.25) is 15.9 Å². The molecular weight excluding hydrogens is 343 g/mol. The van der Waals surface area contributed by atoms with Crippen LogP contribution in [0.25, 0.3) is 0 Å². The number of rotatable bonds is 6. The Morgan fingerprint density at radius 2 is 1.84 bits per heavy atom. The van der Waals surface area contributed by atoms with E-state index in [4.69, 9.17) is 0 Å². The van der Waals surface area contributed by atoms with Gasteiger partial charge < -0.3 is 5.32 Å². The lowest BCUT2D eigenvalue weighted by atomic mass is 10.1. The Morgan fingerprint density at radius 1 is 1.20 bits per heavy atom. The molecule has 0 saturated heterocycles. The van der Waals surface area contributed by atoms with Gasteiger partial charge in [0.25, 0.3) is 0 Å². The molecule has 2 rings (SSSR count). The molecule has 0 aliphatic heterocycles. The minimum absolute atomic E-state index is 0.238. The fourth-order valence-electron chi connectivity index (χ4n) is 2.56. The summed E-state index contributed by atoms with van der Waals surface area (Å²) in [6.45, 7) is 3.75. The number of aryl methyl sites for hydroxylation is 1. The number of benzene rings is 2.